The third-order valence-corrected chi connectivity index (χ3v) is 5.42. The van der Waals surface area contributed by atoms with Crippen molar-refractivity contribution in [3.05, 3.63) is 65.0 Å². The summed E-state index contributed by atoms with van der Waals surface area (Å²) in [6, 6.07) is 5.32. The smallest absolute Gasteiger partial charge is 0.379 e. The first-order chi connectivity index (χ1) is 16.4. The number of benzene rings is 2. The summed E-state index contributed by atoms with van der Waals surface area (Å²) in [6.45, 7) is 3.38. The monoisotopic (exact) mass is 507 g/mol. The number of halogens is 7. The lowest BCUT2D eigenvalue weighted by molar-refractivity contribution is -0.143. The standard InChI is InChI=1S/C23H24F7N3O2/c24-19-4-2-16(3-5-19)15-33(7-1-6-32-8-10-35-11-9-32)21(34)31-20-13-17(22(25,26)27)12-18(14-20)23(28,29)30/h2-5,12-14H,1,6-11,15H2,(H,31,34). The zero-order valence-corrected chi connectivity index (χ0v) is 18.6. The molecule has 0 aliphatic carbocycles. The number of nitrogens with zero attached hydrogens (tertiary/aromatic N) is 2. The van der Waals surface area contributed by atoms with E-state index in [1.807, 2.05) is 0 Å². The van der Waals surface area contributed by atoms with Gasteiger partial charge in [-0.3, -0.25) is 4.90 Å². The topological polar surface area (TPSA) is 44.8 Å². The molecule has 12 heteroatoms. The summed E-state index contributed by atoms with van der Waals surface area (Å²) in [5.41, 5.74) is -3.14. The summed E-state index contributed by atoms with van der Waals surface area (Å²) in [5, 5.41) is 2.17. The lowest BCUT2D eigenvalue weighted by Crippen LogP contribution is -2.40. The number of hydrogen-bond acceptors (Lipinski definition) is 3. The number of carbonyl (C=O) groups is 1. The van der Waals surface area contributed by atoms with Gasteiger partial charge in [-0.1, -0.05) is 12.1 Å². The summed E-state index contributed by atoms with van der Waals surface area (Å²) in [5.74, 6) is -0.485. The van der Waals surface area contributed by atoms with Crippen LogP contribution in [0.25, 0.3) is 0 Å². The molecule has 5 nitrogen and oxygen atoms in total. The van der Waals surface area contributed by atoms with E-state index in [1.54, 1.807) is 0 Å². The number of ether oxygens (including phenoxy) is 1. The van der Waals surface area contributed by atoms with Gasteiger partial charge in [0, 0.05) is 38.4 Å². The largest absolute Gasteiger partial charge is 0.416 e. The van der Waals surface area contributed by atoms with Crippen molar-refractivity contribution in [2.24, 2.45) is 0 Å². The van der Waals surface area contributed by atoms with Gasteiger partial charge in [0.2, 0.25) is 0 Å². The Morgan fingerprint density at radius 1 is 0.943 bits per heavy atom. The SMILES string of the molecule is O=C(Nc1cc(C(F)(F)F)cc(C(F)(F)F)c1)N(CCCN1CCOCC1)Cc1ccc(F)cc1. The summed E-state index contributed by atoms with van der Waals surface area (Å²) in [6.07, 6.45) is -9.57. The summed E-state index contributed by atoms with van der Waals surface area (Å²) < 4.78 is 97.5. The molecular weight excluding hydrogens is 483 g/mol. The molecule has 0 saturated carbocycles. The number of morpholine rings is 1. The van der Waals surface area contributed by atoms with Crippen molar-refractivity contribution in [1.82, 2.24) is 9.80 Å². The van der Waals surface area contributed by atoms with Gasteiger partial charge < -0.3 is 15.0 Å². The van der Waals surface area contributed by atoms with Crippen molar-refractivity contribution in [2.75, 3.05) is 44.7 Å². The fourth-order valence-electron chi connectivity index (χ4n) is 3.60. The van der Waals surface area contributed by atoms with E-state index < -0.39 is 41.0 Å². The Balaban J connectivity index is 1.78. The number of urea groups is 1. The molecule has 1 heterocycles. The molecule has 1 aliphatic rings. The number of alkyl halides is 6. The van der Waals surface area contributed by atoms with Gasteiger partial charge in [-0.2, -0.15) is 26.3 Å². The minimum Gasteiger partial charge on any atom is -0.379 e. The van der Waals surface area contributed by atoms with Crippen LogP contribution in [-0.2, 0) is 23.6 Å². The lowest BCUT2D eigenvalue weighted by atomic mass is 10.1. The van der Waals surface area contributed by atoms with Gasteiger partial charge in [-0.25, -0.2) is 9.18 Å². The molecule has 1 fully saturated rings. The quantitative estimate of drug-likeness (QED) is 0.495. The number of anilines is 1. The molecule has 0 atom stereocenters. The molecule has 2 aromatic carbocycles. The van der Waals surface area contributed by atoms with Crippen molar-refractivity contribution in [3.63, 3.8) is 0 Å². The van der Waals surface area contributed by atoms with Gasteiger partial charge in [-0.15, -0.1) is 0 Å². The molecule has 0 aromatic heterocycles. The molecule has 3 rings (SSSR count). The van der Waals surface area contributed by atoms with Gasteiger partial charge in [0.15, 0.2) is 0 Å². The molecule has 35 heavy (non-hydrogen) atoms. The zero-order chi connectivity index (χ0) is 25.6. The first-order valence-corrected chi connectivity index (χ1v) is 10.8. The first-order valence-electron chi connectivity index (χ1n) is 10.8. The minimum absolute atomic E-state index is 0.00568. The van der Waals surface area contributed by atoms with Gasteiger partial charge in [0.25, 0.3) is 0 Å². The van der Waals surface area contributed by atoms with Crippen LogP contribution in [-0.4, -0.2) is 55.2 Å². The molecule has 1 aliphatic heterocycles. The molecular formula is C23H24F7N3O2. The Labute approximate surface area is 197 Å². The minimum atomic E-state index is -5.04. The highest BCUT2D eigenvalue weighted by atomic mass is 19.4. The summed E-state index contributed by atoms with van der Waals surface area (Å²) in [4.78, 5) is 16.3. The maximum Gasteiger partial charge on any atom is 0.416 e. The highest BCUT2D eigenvalue weighted by Gasteiger charge is 2.37. The van der Waals surface area contributed by atoms with E-state index in [4.69, 9.17) is 4.74 Å². The van der Waals surface area contributed by atoms with E-state index in [9.17, 15) is 35.5 Å². The van der Waals surface area contributed by atoms with Gasteiger partial charge in [0.05, 0.1) is 24.3 Å². The average Bonchev–Trinajstić information content (AvgIpc) is 2.79. The molecule has 1 saturated heterocycles. The summed E-state index contributed by atoms with van der Waals surface area (Å²) in [7, 11) is 0. The number of amides is 2. The third kappa shape index (κ3) is 8.10. The van der Waals surface area contributed by atoms with E-state index in [-0.39, 0.29) is 19.2 Å². The predicted molar refractivity (Wildman–Crippen MR) is 114 cm³/mol. The van der Waals surface area contributed by atoms with Crippen LogP contribution in [0.15, 0.2) is 42.5 Å². The van der Waals surface area contributed by atoms with Crippen LogP contribution >= 0.6 is 0 Å². The van der Waals surface area contributed by atoms with Crippen molar-refractivity contribution in [2.45, 2.75) is 25.3 Å². The van der Waals surface area contributed by atoms with Gasteiger partial charge in [-0.05, 0) is 42.3 Å². The Morgan fingerprint density at radius 3 is 2.06 bits per heavy atom. The number of nitrogens with one attached hydrogen (secondary N) is 1. The molecule has 2 aromatic rings. The Kier molecular flexibility index (Phi) is 8.60. The fraction of sp³-hybridized carbons (Fsp3) is 0.435. The number of rotatable bonds is 7. The van der Waals surface area contributed by atoms with Crippen LogP contribution in [0.5, 0.6) is 0 Å². The van der Waals surface area contributed by atoms with Crippen LogP contribution in [0, 0.1) is 5.82 Å². The number of hydrogen-bond donors (Lipinski definition) is 1. The van der Waals surface area contributed by atoms with Gasteiger partial charge >= 0.3 is 18.4 Å². The van der Waals surface area contributed by atoms with Crippen LogP contribution in [0.2, 0.25) is 0 Å². The Hall–Kier alpha value is -2.86. The molecule has 2 amide bonds. The second-order valence-electron chi connectivity index (χ2n) is 8.08. The average molecular weight is 507 g/mol. The second-order valence-corrected chi connectivity index (χ2v) is 8.08. The summed E-state index contributed by atoms with van der Waals surface area (Å²) >= 11 is 0. The maximum absolute atomic E-state index is 13.3. The third-order valence-electron chi connectivity index (χ3n) is 5.42. The van der Waals surface area contributed by atoms with E-state index in [0.717, 1.165) is 0 Å². The fourth-order valence-corrected chi connectivity index (χ4v) is 3.60. The Morgan fingerprint density at radius 2 is 1.51 bits per heavy atom. The highest BCUT2D eigenvalue weighted by Crippen LogP contribution is 2.37. The molecule has 0 bridgehead atoms. The predicted octanol–water partition coefficient (Wildman–Crippen LogP) is 5.62. The zero-order valence-electron chi connectivity index (χ0n) is 18.6. The normalized spacial score (nSPS) is 15.2. The number of carbonyl (C=O) groups excluding carboxylic acids is 1. The van der Waals surface area contributed by atoms with E-state index in [1.165, 1.54) is 29.2 Å². The van der Waals surface area contributed by atoms with Crippen LogP contribution in [0.3, 0.4) is 0 Å². The lowest BCUT2D eigenvalue weighted by Gasteiger charge is -2.28. The van der Waals surface area contributed by atoms with Crippen molar-refractivity contribution in [3.8, 4) is 0 Å². The van der Waals surface area contributed by atoms with Gasteiger partial charge in [0.1, 0.15) is 5.82 Å². The van der Waals surface area contributed by atoms with Crippen LogP contribution in [0.1, 0.15) is 23.1 Å². The maximum atomic E-state index is 13.3. The molecule has 1 N–H and O–H groups in total. The molecule has 192 valence electrons. The van der Waals surface area contributed by atoms with E-state index in [2.05, 4.69) is 10.2 Å². The van der Waals surface area contributed by atoms with E-state index in [0.29, 0.717) is 57.0 Å². The van der Waals surface area contributed by atoms with E-state index >= 15 is 0 Å². The van der Waals surface area contributed by atoms with Crippen LogP contribution < -0.4 is 5.32 Å². The molecule has 0 radical (unpaired) electrons. The first kappa shape index (κ1) is 26.7. The second kappa shape index (κ2) is 11.3. The molecule has 0 spiro atoms. The van der Waals surface area contributed by atoms with Crippen molar-refractivity contribution >= 4 is 11.7 Å². The van der Waals surface area contributed by atoms with Crippen molar-refractivity contribution in [1.29, 1.82) is 0 Å². The Bertz CT molecular complexity index is 956. The van der Waals surface area contributed by atoms with Crippen molar-refractivity contribution < 1.29 is 40.3 Å². The highest BCUT2D eigenvalue weighted by molar-refractivity contribution is 5.89. The van der Waals surface area contributed by atoms with Crippen LogP contribution in [0.4, 0.5) is 41.2 Å². The molecule has 0 unspecified atom stereocenters.